The van der Waals surface area contributed by atoms with Gasteiger partial charge in [-0.3, -0.25) is 9.63 Å². The maximum atomic E-state index is 11.3. The van der Waals surface area contributed by atoms with Crippen LogP contribution < -0.4 is 0 Å². The van der Waals surface area contributed by atoms with Crippen LogP contribution in [0.5, 0.6) is 0 Å². The van der Waals surface area contributed by atoms with Crippen LogP contribution in [-0.2, 0) is 9.63 Å². The SMILES string of the molecule is CON(C)C(=O)[C@H](C)C(C)C. The lowest BCUT2D eigenvalue weighted by Crippen LogP contribution is -2.32. The molecule has 0 bridgehead atoms. The van der Waals surface area contributed by atoms with Gasteiger partial charge in [-0.2, -0.15) is 0 Å². The number of hydroxylamine groups is 2. The molecule has 0 heterocycles. The van der Waals surface area contributed by atoms with Crippen molar-refractivity contribution in [1.82, 2.24) is 5.06 Å². The summed E-state index contributed by atoms with van der Waals surface area (Å²) in [5.74, 6) is 0.419. The fourth-order valence-electron chi connectivity index (χ4n) is 0.662. The van der Waals surface area contributed by atoms with Crippen LogP contribution in [0.1, 0.15) is 20.8 Å². The van der Waals surface area contributed by atoms with Gasteiger partial charge in [0.05, 0.1) is 7.11 Å². The first-order chi connectivity index (χ1) is 5.00. The van der Waals surface area contributed by atoms with Crippen LogP contribution in [0, 0.1) is 11.8 Å². The predicted molar refractivity (Wildman–Crippen MR) is 43.8 cm³/mol. The number of carbonyl (C=O) groups excluding carboxylic acids is 1. The van der Waals surface area contributed by atoms with E-state index in [-0.39, 0.29) is 11.8 Å². The lowest BCUT2D eigenvalue weighted by Gasteiger charge is -2.20. The molecule has 11 heavy (non-hydrogen) atoms. The van der Waals surface area contributed by atoms with E-state index in [0.717, 1.165) is 0 Å². The Morgan fingerprint density at radius 1 is 1.36 bits per heavy atom. The number of hydrogen-bond acceptors (Lipinski definition) is 2. The molecule has 0 aliphatic carbocycles. The summed E-state index contributed by atoms with van der Waals surface area (Å²) in [5.41, 5.74) is 0. The van der Waals surface area contributed by atoms with Crippen LogP contribution in [0.4, 0.5) is 0 Å². The Labute approximate surface area is 68.3 Å². The smallest absolute Gasteiger partial charge is 0.248 e. The molecular weight excluding hydrogens is 142 g/mol. The van der Waals surface area contributed by atoms with Gasteiger partial charge >= 0.3 is 0 Å². The molecule has 0 aromatic rings. The first-order valence-corrected chi connectivity index (χ1v) is 3.82. The Hall–Kier alpha value is -0.570. The summed E-state index contributed by atoms with van der Waals surface area (Å²) < 4.78 is 0. The van der Waals surface area contributed by atoms with E-state index < -0.39 is 0 Å². The topological polar surface area (TPSA) is 29.5 Å². The number of carbonyl (C=O) groups is 1. The Kier molecular flexibility index (Phi) is 4.11. The molecule has 0 aliphatic rings. The fourth-order valence-corrected chi connectivity index (χ4v) is 0.662. The number of nitrogens with zero attached hydrogens (tertiary/aromatic N) is 1. The zero-order chi connectivity index (χ0) is 9.02. The quantitative estimate of drug-likeness (QED) is 0.581. The van der Waals surface area contributed by atoms with Crippen LogP contribution in [0.25, 0.3) is 0 Å². The summed E-state index contributed by atoms with van der Waals surface area (Å²) in [5, 5.41) is 1.27. The lowest BCUT2D eigenvalue weighted by molar-refractivity contribution is -0.174. The fraction of sp³-hybridized carbons (Fsp3) is 0.875. The molecule has 0 unspecified atom stereocenters. The average molecular weight is 159 g/mol. The highest BCUT2D eigenvalue weighted by Crippen LogP contribution is 2.11. The number of rotatable bonds is 3. The molecule has 0 N–H and O–H groups in total. The summed E-state index contributed by atoms with van der Waals surface area (Å²) in [6, 6.07) is 0. The maximum absolute atomic E-state index is 11.3. The Bertz CT molecular complexity index is 134. The van der Waals surface area contributed by atoms with E-state index in [0.29, 0.717) is 5.92 Å². The minimum atomic E-state index is 0.0277. The van der Waals surface area contributed by atoms with Gasteiger partial charge in [-0.1, -0.05) is 20.8 Å². The third kappa shape index (κ3) is 2.89. The molecule has 0 radical (unpaired) electrons. The summed E-state index contributed by atoms with van der Waals surface area (Å²) in [7, 11) is 3.12. The van der Waals surface area contributed by atoms with Crippen LogP contribution in [0.3, 0.4) is 0 Å². The van der Waals surface area contributed by atoms with Crippen molar-refractivity contribution in [3.63, 3.8) is 0 Å². The van der Waals surface area contributed by atoms with Crippen molar-refractivity contribution in [3.05, 3.63) is 0 Å². The Balaban J connectivity index is 4.02. The van der Waals surface area contributed by atoms with Gasteiger partial charge in [-0.15, -0.1) is 0 Å². The summed E-state index contributed by atoms with van der Waals surface area (Å²) in [6.45, 7) is 5.95. The van der Waals surface area contributed by atoms with Gasteiger partial charge in [0.15, 0.2) is 0 Å². The molecule has 0 saturated heterocycles. The summed E-state index contributed by atoms with van der Waals surface area (Å²) >= 11 is 0. The highest BCUT2D eigenvalue weighted by atomic mass is 16.7. The second-order valence-corrected chi connectivity index (χ2v) is 3.05. The molecule has 0 spiro atoms. The van der Waals surface area contributed by atoms with E-state index in [4.69, 9.17) is 4.84 Å². The van der Waals surface area contributed by atoms with Gasteiger partial charge in [0.1, 0.15) is 0 Å². The Morgan fingerprint density at radius 2 is 1.82 bits per heavy atom. The molecule has 0 aliphatic heterocycles. The second kappa shape index (κ2) is 4.34. The monoisotopic (exact) mass is 159 g/mol. The van der Waals surface area contributed by atoms with Crippen LogP contribution in [-0.4, -0.2) is 25.1 Å². The third-order valence-corrected chi connectivity index (χ3v) is 1.97. The van der Waals surface area contributed by atoms with Crippen molar-refractivity contribution in [3.8, 4) is 0 Å². The molecule has 66 valence electrons. The predicted octanol–water partition coefficient (Wildman–Crippen LogP) is 1.30. The van der Waals surface area contributed by atoms with Gasteiger partial charge in [-0.05, 0) is 5.92 Å². The molecule has 0 rings (SSSR count). The lowest BCUT2D eigenvalue weighted by atomic mass is 9.97. The normalized spacial score (nSPS) is 13.3. The zero-order valence-electron chi connectivity index (χ0n) is 7.92. The maximum Gasteiger partial charge on any atom is 0.248 e. The minimum Gasteiger partial charge on any atom is -0.275 e. The second-order valence-electron chi connectivity index (χ2n) is 3.05. The van der Waals surface area contributed by atoms with Crippen molar-refractivity contribution < 1.29 is 9.63 Å². The molecule has 0 fully saturated rings. The van der Waals surface area contributed by atoms with E-state index in [1.165, 1.54) is 12.2 Å². The standard InChI is InChI=1S/C8H17NO2/c1-6(2)7(3)8(10)9(4)11-5/h6-7H,1-5H3/t7-/m1/s1. The molecule has 3 heteroatoms. The largest absolute Gasteiger partial charge is 0.275 e. The first-order valence-electron chi connectivity index (χ1n) is 3.82. The van der Waals surface area contributed by atoms with Crippen molar-refractivity contribution in [2.24, 2.45) is 11.8 Å². The third-order valence-electron chi connectivity index (χ3n) is 1.97. The molecule has 1 atom stereocenters. The molecule has 1 amide bonds. The van der Waals surface area contributed by atoms with E-state index in [2.05, 4.69) is 0 Å². The van der Waals surface area contributed by atoms with Crippen LogP contribution in [0.2, 0.25) is 0 Å². The first kappa shape index (κ1) is 10.4. The van der Waals surface area contributed by atoms with Gasteiger partial charge in [0.25, 0.3) is 0 Å². The zero-order valence-corrected chi connectivity index (χ0v) is 7.92. The van der Waals surface area contributed by atoms with Crippen LogP contribution in [0.15, 0.2) is 0 Å². The van der Waals surface area contributed by atoms with E-state index in [1.807, 2.05) is 20.8 Å². The van der Waals surface area contributed by atoms with Crippen molar-refractivity contribution in [1.29, 1.82) is 0 Å². The van der Waals surface area contributed by atoms with Gasteiger partial charge in [-0.25, -0.2) is 5.06 Å². The number of amides is 1. The van der Waals surface area contributed by atoms with Gasteiger partial charge in [0.2, 0.25) is 5.91 Å². The van der Waals surface area contributed by atoms with Crippen molar-refractivity contribution in [2.45, 2.75) is 20.8 Å². The van der Waals surface area contributed by atoms with Crippen LogP contribution >= 0.6 is 0 Å². The molecule has 3 nitrogen and oxygen atoms in total. The van der Waals surface area contributed by atoms with Crippen molar-refractivity contribution >= 4 is 5.91 Å². The van der Waals surface area contributed by atoms with E-state index in [1.54, 1.807) is 7.05 Å². The van der Waals surface area contributed by atoms with Gasteiger partial charge < -0.3 is 0 Å². The molecule has 0 saturated carbocycles. The highest BCUT2D eigenvalue weighted by molar-refractivity contribution is 5.77. The summed E-state index contributed by atoms with van der Waals surface area (Å²) in [6.07, 6.45) is 0. The van der Waals surface area contributed by atoms with E-state index >= 15 is 0 Å². The molecule has 0 aromatic carbocycles. The average Bonchev–Trinajstić information content (AvgIpc) is 2.00. The molecule has 0 aromatic heterocycles. The highest BCUT2D eigenvalue weighted by Gasteiger charge is 2.19. The number of hydrogen-bond donors (Lipinski definition) is 0. The minimum absolute atomic E-state index is 0.0277. The van der Waals surface area contributed by atoms with E-state index in [9.17, 15) is 4.79 Å². The van der Waals surface area contributed by atoms with Crippen molar-refractivity contribution in [2.75, 3.05) is 14.2 Å². The van der Waals surface area contributed by atoms with Gasteiger partial charge in [0, 0.05) is 13.0 Å². The molecular formula is C8H17NO2. The Morgan fingerprint density at radius 3 is 2.09 bits per heavy atom. The summed E-state index contributed by atoms with van der Waals surface area (Å²) in [4.78, 5) is 16.1.